The third-order valence-corrected chi connectivity index (χ3v) is 4.92. The maximum Gasteiger partial charge on any atom is 0.257 e. The third-order valence-electron chi connectivity index (χ3n) is 4.92. The highest BCUT2D eigenvalue weighted by atomic mass is 16.5. The minimum atomic E-state index is 0.00282. The van der Waals surface area contributed by atoms with Gasteiger partial charge in [-0.1, -0.05) is 65.8 Å². The van der Waals surface area contributed by atoms with Crippen LogP contribution in [0.3, 0.4) is 0 Å². The van der Waals surface area contributed by atoms with Crippen LogP contribution < -0.4 is 0 Å². The van der Waals surface area contributed by atoms with Crippen molar-refractivity contribution in [1.29, 1.82) is 0 Å². The van der Waals surface area contributed by atoms with Crippen LogP contribution in [0.4, 0.5) is 0 Å². The molecule has 30 heavy (non-hydrogen) atoms. The standard InChI is InChI=1S/C25H23N3O2/c1-19-26-24(30-27-19)22-12-14-23(15-13-22)25(29)28(18-21-10-6-3-7-11-21)17-16-20-8-4-2-5-9-20/h2-15H,16-18H2,1H3. The van der Waals surface area contributed by atoms with E-state index in [1.54, 1.807) is 6.92 Å². The number of hydrogen-bond acceptors (Lipinski definition) is 4. The van der Waals surface area contributed by atoms with Crippen molar-refractivity contribution in [3.05, 3.63) is 107 Å². The second-order valence-corrected chi connectivity index (χ2v) is 7.17. The maximum atomic E-state index is 13.3. The van der Waals surface area contributed by atoms with Gasteiger partial charge in [-0.05, 0) is 48.7 Å². The van der Waals surface area contributed by atoms with E-state index >= 15 is 0 Å². The molecule has 0 atom stereocenters. The molecule has 0 aliphatic carbocycles. The Labute approximate surface area is 176 Å². The minimum Gasteiger partial charge on any atom is -0.334 e. The predicted molar refractivity (Wildman–Crippen MR) is 116 cm³/mol. The molecule has 150 valence electrons. The number of aromatic nitrogens is 2. The summed E-state index contributed by atoms with van der Waals surface area (Å²) in [6.07, 6.45) is 0.804. The highest BCUT2D eigenvalue weighted by Gasteiger charge is 2.17. The number of carbonyl (C=O) groups excluding carboxylic acids is 1. The second kappa shape index (κ2) is 9.18. The Morgan fingerprint density at radius 2 is 1.50 bits per heavy atom. The van der Waals surface area contributed by atoms with Gasteiger partial charge in [0, 0.05) is 24.2 Å². The number of rotatable bonds is 7. The van der Waals surface area contributed by atoms with E-state index in [4.69, 9.17) is 4.52 Å². The van der Waals surface area contributed by atoms with Crippen molar-refractivity contribution in [1.82, 2.24) is 15.0 Å². The zero-order chi connectivity index (χ0) is 20.8. The molecule has 0 saturated heterocycles. The molecule has 4 aromatic rings. The van der Waals surface area contributed by atoms with Crippen LogP contribution in [0.5, 0.6) is 0 Å². The predicted octanol–water partition coefficient (Wildman–Crippen LogP) is 4.93. The summed E-state index contributed by atoms with van der Waals surface area (Å²) in [6, 6.07) is 27.6. The molecule has 0 bridgehead atoms. The molecule has 0 fully saturated rings. The van der Waals surface area contributed by atoms with E-state index in [1.807, 2.05) is 77.7 Å². The molecule has 5 nitrogen and oxygen atoms in total. The fourth-order valence-electron chi connectivity index (χ4n) is 3.32. The van der Waals surface area contributed by atoms with E-state index < -0.39 is 0 Å². The lowest BCUT2D eigenvalue weighted by atomic mass is 10.1. The Morgan fingerprint density at radius 3 is 2.10 bits per heavy atom. The van der Waals surface area contributed by atoms with Crippen molar-refractivity contribution < 1.29 is 9.32 Å². The summed E-state index contributed by atoms with van der Waals surface area (Å²) >= 11 is 0. The van der Waals surface area contributed by atoms with Gasteiger partial charge >= 0.3 is 0 Å². The Hall–Kier alpha value is -3.73. The lowest BCUT2D eigenvalue weighted by Gasteiger charge is -2.23. The monoisotopic (exact) mass is 397 g/mol. The summed E-state index contributed by atoms with van der Waals surface area (Å²) in [7, 11) is 0. The van der Waals surface area contributed by atoms with Crippen molar-refractivity contribution in [3.8, 4) is 11.5 Å². The molecule has 4 rings (SSSR count). The zero-order valence-electron chi connectivity index (χ0n) is 16.9. The summed E-state index contributed by atoms with van der Waals surface area (Å²) in [6.45, 7) is 2.98. The molecular formula is C25H23N3O2. The Kier molecular flexibility index (Phi) is 5.99. The summed E-state index contributed by atoms with van der Waals surface area (Å²) < 4.78 is 5.21. The van der Waals surface area contributed by atoms with Crippen molar-refractivity contribution in [2.24, 2.45) is 0 Å². The highest BCUT2D eigenvalue weighted by Crippen LogP contribution is 2.19. The normalized spacial score (nSPS) is 10.7. The Morgan fingerprint density at radius 1 is 0.867 bits per heavy atom. The number of amides is 1. The van der Waals surface area contributed by atoms with Gasteiger partial charge in [-0.15, -0.1) is 0 Å². The first-order valence-electron chi connectivity index (χ1n) is 9.97. The largest absolute Gasteiger partial charge is 0.334 e. The molecule has 1 aromatic heterocycles. The van der Waals surface area contributed by atoms with Crippen LogP contribution >= 0.6 is 0 Å². The molecule has 0 aliphatic rings. The fraction of sp³-hybridized carbons (Fsp3) is 0.160. The van der Waals surface area contributed by atoms with E-state index in [1.165, 1.54) is 5.56 Å². The minimum absolute atomic E-state index is 0.00282. The van der Waals surface area contributed by atoms with Gasteiger partial charge in [0.05, 0.1) is 0 Å². The first kappa shape index (κ1) is 19.6. The van der Waals surface area contributed by atoms with Crippen LogP contribution in [0.1, 0.15) is 27.3 Å². The van der Waals surface area contributed by atoms with Gasteiger partial charge in [-0.25, -0.2) is 0 Å². The van der Waals surface area contributed by atoms with E-state index in [0.29, 0.717) is 30.4 Å². The smallest absolute Gasteiger partial charge is 0.257 e. The van der Waals surface area contributed by atoms with Crippen molar-refractivity contribution in [2.45, 2.75) is 19.9 Å². The van der Waals surface area contributed by atoms with E-state index in [-0.39, 0.29) is 5.91 Å². The molecule has 1 amide bonds. The van der Waals surface area contributed by atoms with Gasteiger partial charge in [0.1, 0.15) is 0 Å². The van der Waals surface area contributed by atoms with Crippen LogP contribution in [0.15, 0.2) is 89.5 Å². The molecule has 0 N–H and O–H groups in total. The van der Waals surface area contributed by atoms with Gasteiger partial charge in [-0.3, -0.25) is 4.79 Å². The average molecular weight is 397 g/mol. The molecule has 0 radical (unpaired) electrons. The zero-order valence-corrected chi connectivity index (χ0v) is 16.9. The lowest BCUT2D eigenvalue weighted by Crippen LogP contribution is -2.32. The highest BCUT2D eigenvalue weighted by molar-refractivity contribution is 5.94. The number of hydrogen-bond donors (Lipinski definition) is 0. The SMILES string of the molecule is Cc1noc(-c2ccc(C(=O)N(CCc3ccccc3)Cc3ccccc3)cc2)n1. The molecule has 0 spiro atoms. The molecule has 0 unspecified atom stereocenters. The second-order valence-electron chi connectivity index (χ2n) is 7.17. The summed E-state index contributed by atoms with van der Waals surface area (Å²) in [5.41, 5.74) is 3.76. The van der Waals surface area contributed by atoms with Gasteiger partial charge < -0.3 is 9.42 Å². The van der Waals surface area contributed by atoms with Crippen molar-refractivity contribution in [3.63, 3.8) is 0 Å². The van der Waals surface area contributed by atoms with Gasteiger partial charge in [-0.2, -0.15) is 4.98 Å². The van der Waals surface area contributed by atoms with Crippen LogP contribution in [0, 0.1) is 6.92 Å². The van der Waals surface area contributed by atoms with E-state index in [2.05, 4.69) is 22.3 Å². The molecule has 3 aromatic carbocycles. The molecule has 0 aliphatic heterocycles. The maximum absolute atomic E-state index is 13.3. The Balaban J connectivity index is 1.53. The molecule has 5 heteroatoms. The quantitative estimate of drug-likeness (QED) is 0.444. The number of carbonyl (C=O) groups is 1. The lowest BCUT2D eigenvalue weighted by molar-refractivity contribution is 0.0745. The first-order valence-corrected chi connectivity index (χ1v) is 9.97. The van der Waals surface area contributed by atoms with Gasteiger partial charge in [0.25, 0.3) is 11.8 Å². The van der Waals surface area contributed by atoms with E-state index in [0.717, 1.165) is 17.5 Å². The van der Waals surface area contributed by atoms with Gasteiger partial charge in [0.2, 0.25) is 0 Å². The third kappa shape index (κ3) is 4.81. The van der Waals surface area contributed by atoms with Crippen molar-refractivity contribution >= 4 is 5.91 Å². The van der Waals surface area contributed by atoms with E-state index in [9.17, 15) is 4.79 Å². The van der Waals surface area contributed by atoms with Crippen molar-refractivity contribution in [2.75, 3.05) is 6.54 Å². The fourth-order valence-corrected chi connectivity index (χ4v) is 3.32. The summed E-state index contributed by atoms with van der Waals surface area (Å²) in [4.78, 5) is 19.4. The van der Waals surface area contributed by atoms with Crippen LogP contribution in [-0.2, 0) is 13.0 Å². The average Bonchev–Trinajstić information content (AvgIpc) is 3.24. The number of benzene rings is 3. The van der Waals surface area contributed by atoms with Crippen LogP contribution in [0.25, 0.3) is 11.5 Å². The summed E-state index contributed by atoms with van der Waals surface area (Å²) in [5, 5.41) is 3.82. The summed E-state index contributed by atoms with van der Waals surface area (Å²) in [5.74, 6) is 1.04. The Bertz CT molecular complexity index is 1090. The van der Waals surface area contributed by atoms with Crippen LogP contribution in [0.2, 0.25) is 0 Å². The molecule has 0 saturated carbocycles. The van der Waals surface area contributed by atoms with Gasteiger partial charge in [0.15, 0.2) is 5.82 Å². The topological polar surface area (TPSA) is 59.2 Å². The molecular weight excluding hydrogens is 374 g/mol. The molecule has 1 heterocycles. The number of aryl methyl sites for hydroxylation is 1. The first-order chi connectivity index (χ1) is 14.7. The van der Waals surface area contributed by atoms with Crippen LogP contribution in [-0.4, -0.2) is 27.5 Å². The number of nitrogens with zero attached hydrogens (tertiary/aromatic N) is 3.